The fourth-order valence-corrected chi connectivity index (χ4v) is 3.38. The largest absolute Gasteiger partial charge is 0.387 e. The molecule has 0 aliphatic carbocycles. The number of aliphatic hydroxyl groups excluding tert-OH is 1. The van der Waals surface area contributed by atoms with E-state index in [1.165, 1.54) is 0 Å². The van der Waals surface area contributed by atoms with Gasteiger partial charge >= 0.3 is 0 Å². The molecule has 0 radical (unpaired) electrons. The fraction of sp³-hybridized carbons (Fsp3) is 0.632. The third-order valence-corrected chi connectivity index (χ3v) is 4.60. The van der Waals surface area contributed by atoms with Gasteiger partial charge in [-0.1, -0.05) is 29.8 Å². The Hall–Kier alpha value is -1.14. The minimum Gasteiger partial charge on any atom is -0.387 e. The van der Waals surface area contributed by atoms with Gasteiger partial charge in [-0.15, -0.1) is 0 Å². The first-order valence-electron chi connectivity index (χ1n) is 8.93. The van der Waals surface area contributed by atoms with E-state index >= 15 is 0 Å². The van der Waals surface area contributed by atoms with E-state index in [4.69, 9.17) is 11.6 Å². The van der Waals surface area contributed by atoms with Crippen LogP contribution in [-0.4, -0.2) is 65.6 Å². The third-order valence-electron chi connectivity index (χ3n) is 4.26. The fourth-order valence-electron chi connectivity index (χ4n) is 3.11. The molecular weight excluding hydrogens is 338 g/mol. The average Bonchev–Trinajstić information content (AvgIpc) is 2.71. The van der Waals surface area contributed by atoms with Crippen molar-refractivity contribution in [3.05, 3.63) is 34.9 Å². The summed E-state index contributed by atoms with van der Waals surface area (Å²) in [4.78, 5) is 16.5. The van der Waals surface area contributed by atoms with E-state index in [1.54, 1.807) is 6.07 Å². The van der Waals surface area contributed by atoms with Gasteiger partial charge in [0.05, 0.1) is 12.6 Å². The highest BCUT2D eigenvalue weighted by atomic mass is 35.5. The van der Waals surface area contributed by atoms with Crippen molar-refractivity contribution in [1.29, 1.82) is 0 Å². The number of rotatable bonds is 5. The van der Waals surface area contributed by atoms with Crippen LogP contribution < -0.4 is 5.32 Å². The van der Waals surface area contributed by atoms with Crippen LogP contribution in [0.2, 0.25) is 5.02 Å². The number of hydrogen-bond donors (Lipinski definition) is 2. The van der Waals surface area contributed by atoms with Crippen LogP contribution >= 0.6 is 11.6 Å². The molecule has 1 heterocycles. The first kappa shape index (κ1) is 20.2. The molecule has 0 saturated carbocycles. The van der Waals surface area contributed by atoms with Gasteiger partial charge in [0.2, 0.25) is 5.91 Å². The molecule has 140 valence electrons. The van der Waals surface area contributed by atoms with Crippen LogP contribution in [0.1, 0.15) is 38.9 Å². The summed E-state index contributed by atoms with van der Waals surface area (Å²) in [6, 6.07) is 7.43. The van der Waals surface area contributed by atoms with E-state index in [-0.39, 0.29) is 11.4 Å². The molecular formula is C19H30ClN3O2. The Bertz CT molecular complexity index is 574. The molecule has 1 atom stereocenters. The maximum atomic E-state index is 12.1. The summed E-state index contributed by atoms with van der Waals surface area (Å²) in [6.07, 6.45) is 0.391. The third kappa shape index (κ3) is 6.94. The lowest BCUT2D eigenvalue weighted by Crippen LogP contribution is -2.46. The summed E-state index contributed by atoms with van der Waals surface area (Å²) in [5.74, 6) is 0.0667. The Morgan fingerprint density at radius 1 is 1.20 bits per heavy atom. The van der Waals surface area contributed by atoms with Crippen molar-refractivity contribution < 1.29 is 9.90 Å². The van der Waals surface area contributed by atoms with Gasteiger partial charge in [0.25, 0.3) is 0 Å². The minimum atomic E-state index is -0.593. The van der Waals surface area contributed by atoms with Crippen LogP contribution in [0.5, 0.6) is 0 Å². The second kappa shape index (κ2) is 8.99. The van der Waals surface area contributed by atoms with Crippen molar-refractivity contribution in [2.24, 2.45) is 0 Å². The Morgan fingerprint density at radius 2 is 1.84 bits per heavy atom. The molecule has 0 aromatic heterocycles. The minimum absolute atomic E-state index is 0.0667. The summed E-state index contributed by atoms with van der Waals surface area (Å²) in [7, 11) is 0. The molecule has 5 nitrogen and oxygen atoms in total. The maximum Gasteiger partial charge on any atom is 0.234 e. The van der Waals surface area contributed by atoms with Gasteiger partial charge in [0.15, 0.2) is 0 Å². The van der Waals surface area contributed by atoms with Crippen molar-refractivity contribution in [3.63, 3.8) is 0 Å². The lowest BCUT2D eigenvalue weighted by Gasteiger charge is -2.25. The SMILES string of the molecule is CC(C)(C)NC(=O)CN1CCCN(C[C@H](O)c2ccccc2Cl)CC1. The predicted octanol–water partition coefficient (Wildman–Crippen LogP) is 2.30. The zero-order valence-electron chi connectivity index (χ0n) is 15.5. The molecule has 1 aromatic carbocycles. The van der Waals surface area contributed by atoms with Gasteiger partial charge in [-0.25, -0.2) is 0 Å². The molecule has 1 saturated heterocycles. The van der Waals surface area contributed by atoms with E-state index < -0.39 is 6.10 Å². The summed E-state index contributed by atoms with van der Waals surface area (Å²) in [6.45, 7) is 10.4. The van der Waals surface area contributed by atoms with Crippen LogP contribution in [0.15, 0.2) is 24.3 Å². The quantitative estimate of drug-likeness (QED) is 0.838. The Morgan fingerprint density at radius 3 is 2.52 bits per heavy atom. The topological polar surface area (TPSA) is 55.8 Å². The van der Waals surface area contributed by atoms with Crippen LogP contribution in [0.4, 0.5) is 0 Å². The van der Waals surface area contributed by atoms with Crippen molar-refractivity contribution in [1.82, 2.24) is 15.1 Å². The van der Waals surface area contributed by atoms with Gasteiger partial charge < -0.3 is 10.4 Å². The highest BCUT2D eigenvalue weighted by Gasteiger charge is 2.21. The first-order chi connectivity index (χ1) is 11.7. The van der Waals surface area contributed by atoms with E-state index in [1.807, 2.05) is 39.0 Å². The van der Waals surface area contributed by atoms with Crippen LogP contribution in [0.25, 0.3) is 0 Å². The van der Waals surface area contributed by atoms with Crippen molar-refractivity contribution in [2.75, 3.05) is 39.3 Å². The summed E-state index contributed by atoms with van der Waals surface area (Å²) >= 11 is 6.17. The molecule has 0 bridgehead atoms. The van der Waals surface area contributed by atoms with Gasteiger partial charge in [0, 0.05) is 35.8 Å². The van der Waals surface area contributed by atoms with Crippen LogP contribution in [0.3, 0.4) is 0 Å². The number of hydrogen-bond acceptors (Lipinski definition) is 4. The summed E-state index contributed by atoms with van der Waals surface area (Å²) in [5.41, 5.74) is 0.573. The number of nitrogens with zero attached hydrogens (tertiary/aromatic N) is 2. The molecule has 0 unspecified atom stereocenters. The molecule has 2 N–H and O–H groups in total. The number of nitrogens with one attached hydrogen (secondary N) is 1. The van der Waals surface area contributed by atoms with E-state index in [9.17, 15) is 9.90 Å². The number of halogens is 1. The molecule has 1 aromatic rings. The zero-order chi connectivity index (χ0) is 18.4. The van der Waals surface area contributed by atoms with Crippen molar-refractivity contribution in [3.8, 4) is 0 Å². The highest BCUT2D eigenvalue weighted by molar-refractivity contribution is 6.31. The monoisotopic (exact) mass is 367 g/mol. The van der Waals surface area contributed by atoms with Crippen molar-refractivity contribution >= 4 is 17.5 Å². The molecule has 25 heavy (non-hydrogen) atoms. The van der Waals surface area contributed by atoms with Gasteiger partial charge in [-0.3, -0.25) is 14.6 Å². The van der Waals surface area contributed by atoms with Gasteiger partial charge in [0.1, 0.15) is 0 Å². The smallest absolute Gasteiger partial charge is 0.234 e. The normalized spacial score (nSPS) is 18.6. The summed E-state index contributed by atoms with van der Waals surface area (Å²) in [5, 5.41) is 14.1. The molecule has 0 spiro atoms. The van der Waals surface area contributed by atoms with Crippen molar-refractivity contribution in [2.45, 2.75) is 38.8 Å². The van der Waals surface area contributed by atoms with Gasteiger partial charge in [-0.05, 0) is 46.3 Å². The Labute approximate surface area is 155 Å². The first-order valence-corrected chi connectivity index (χ1v) is 9.30. The molecule has 1 aliphatic heterocycles. The standard InChI is InChI=1S/C19H30ClN3O2/c1-19(2,3)21-18(25)14-23-10-6-9-22(11-12-23)13-17(24)15-7-4-5-8-16(15)20/h4-5,7-8,17,24H,6,9-14H2,1-3H3,(H,21,25)/t17-/m0/s1. The number of β-amino-alcohol motifs (C(OH)–C–C–N with tert-alkyl or cyclic N) is 1. The zero-order valence-corrected chi connectivity index (χ0v) is 16.2. The average molecular weight is 368 g/mol. The van der Waals surface area contributed by atoms with Crippen LogP contribution in [-0.2, 0) is 4.79 Å². The van der Waals surface area contributed by atoms with E-state index in [0.717, 1.165) is 38.2 Å². The number of benzene rings is 1. The Balaban J connectivity index is 1.83. The number of carbonyl (C=O) groups is 1. The molecule has 1 fully saturated rings. The molecule has 1 amide bonds. The highest BCUT2D eigenvalue weighted by Crippen LogP contribution is 2.23. The number of aliphatic hydroxyl groups is 1. The Kier molecular flexibility index (Phi) is 7.25. The molecule has 2 rings (SSSR count). The lowest BCUT2D eigenvalue weighted by atomic mass is 10.1. The van der Waals surface area contributed by atoms with Crippen LogP contribution in [0, 0.1) is 0 Å². The lowest BCUT2D eigenvalue weighted by molar-refractivity contribution is -0.123. The molecule has 1 aliphatic rings. The number of carbonyl (C=O) groups excluding carboxylic acids is 1. The van der Waals surface area contributed by atoms with Gasteiger partial charge in [-0.2, -0.15) is 0 Å². The maximum absolute atomic E-state index is 12.1. The number of amides is 1. The summed E-state index contributed by atoms with van der Waals surface area (Å²) < 4.78 is 0. The predicted molar refractivity (Wildman–Crippen MR) is 102 cm³/mol. The second-order valence-electron chi connectivity index (χ2n) is 7.77. The second-order valence-corrected chi connectivity index (χ2v) is 8.17. The van der Waals surface area contributed by atoms with E-state index in [0.29, 0.717) is 18.1 Å². The van der Waals surface area contributed by atoms with E-state index in [2.05, 4.69) is 15.1 Å². The molecule has 6 heteroatoms.